The first-order valence-corrected chi connectivity index (χ1v) is 10.5. The number of fused-ring (bicyclic) bond motifs is 1. The van der Waals surface area contributed by atoms with Gasteiger partial charge in [0.05, 0.1) is 19.6 Å². The standard InChI is InChI=1S/C27H20N2O5/c1-32-23-13-12-17(15-24(23)33-2)14-20-27(31)29(26(28-20)18-8-4-3-5-9-18)25-16-21(30)19-10-6-7-11-22(19)34-25/h3-16H,1-2H3. The topological polar surface area (TPSA) is 81.3 Å². The molecule has 1 aliphatic heterocycles. The molecule has 0 fully saturated rings. The molecule has 0 radical (unpaired) electrons. The minimum absolute atomic E-state index is 0.104. The lowest BCUT2D eigenvalue weighted by molar-refractivity contribution is -0.113. The predicted octanol–water partition coefficient (Wildman–Crippen LogP) is 4.64. The van der Waals surface area contributed by atoms with E-state index in [2.05, 4.69) is 4.99 Å². The van der Waals surface area contributed by atoms with Crippen LogP contribution in [-0.4, -0.2) is 26.0 Å². The van der Waals surface area contributed by atoms with Crippen LogP contribution in [0.5, 0.6) is 11.5 Å². The molecule has 7 nitrogen and oxygen atoms in total. The molecule has 0 N–H and O–H groups in total. The second kappa shape index (κ2) is 8.71. The van der Waals surface area contributed by atoms with Crippen molar-refractivity contribution < 1.29 is 18.7 Å². The monoisotopic (exact) mass is 452 g/mol. The summed E-state index contributed by atoms with van der Waals surface area (Å²) in [5.74, 6) is 1.18. The highest BCUT2D eigenvalue weighted by atomic mass is 16.5. The number of hydrogen-bond donors (Lipinski definition) is 0. The van der Waals surface area contributed by atoms with Crippen molar-refractivity contribution in [3.63, 3.8) is 0 Å². The van der Waals surface area contributed by atoms with E-state index in [0.29, 0.717) is 39.4 Å². The Labute approximate surface area is 195 Å². The van der Waals surface area contributed by atoms with Gasteiger partial charge in [-0.1, -0.05) is 48.5 Å². The number of amides is 1. The number of carbonyl (C=O) groups is 1. The van der Waals surface area contributed by atoms with Crippen molar-refractivity contribution in [2.24, 2.45) is 4.99 Å². The fraction of sp³-hybridized carbons (Fsp3) is 0.0741. The summed E-state index contributed by atoms with van der Waals surface area (Å²) in [6, 6.07) is 22.8. The smallest absolute Gasteiger partial charge is 0.285 e. The molecule has 0 atom stereocenters. The van der Waals surface area contributed by atoms with Gasteiger partial charge in [0, 0.05) is 11.6 Å². The van der Waals surface area contributed by atoms with Gasteiger partial charge in [-0.15, -0.1) is 0 Å². The average molecular weight is 452 g/mol. The number of carbonyl (C=O) groups excluding carboxylic acids is 1. The lowest BCUT2D eigenvalue weighted by Gasteiger charge is -2.17. The van der Waals surface area contributed by atoms with Crippen molar-refractivity contribution in [2.75, 3.05) is 19.1 Å². The quantitative estimate of drug-likeness (QED) is 0.412. The van der Waals surface area contributed by atoms with Crippen molar-refractivity contribution in [2.45, 2.75) is 0 Å². The maximum absolute atomic E-state index is 13.5. The number of nitrogens with zero attached hydrogens (tertiary/aromatic N) is 2. The van der Waals surface area contributed by atoms with Gasteiger partial charge in [0.15, 0.2) is 22.8 Å². The molecule has 5 rings (SSSR count). The van der Waals surface area contributed by atoms with Gasteiger partial charge in [-0.05, 0) is 35.9 Å². The molecular weight excluding hydrogens is 432 g/mol. The highest BCUT2D eigenvalue weighted by Crippen LogP contribution is 2.31. The zero-order chi connectivity index (χ0) is 23.7. The number of rotatable bonds is 5. The number of ether oxygens (including phenoxy) is 2. The Morgan fingerprint density at radius 1 is 0.853 bits per heavy atom. The van der Waals surface area contributed by atoms with Crippen molar-refractivity contribution >= 4 is 34.7 Å². The van der Waals surface area contributed by atoms with E-state index in [1.807, 2.05) is 30.3 Å². The van der Waals surface area contributed by atoms with Crippen LogP contribution in [0.4, 0.5) is 5.88 Å². The van der Waals surface area contributed by atoms with Gasteiger partial charge in [-0.3, -0.25) is 9.59 Å². The van der Waals surface area contributed by atoms with Gasteiger partial charge in [-0.2, -0.15) is 0 Å². The molecule has 0 bridgehead atoms. The van der Waals surface area contributed by atoms with E-state index in [9.17, 15) is 9.59 Å². The molecule has 0 unspecified atom stereocenters. The molecule has 2 heterocycles. The minimum Gasteiger partial charge on any atom is -0.493 e. The lowest BCUT2D eigenvalue weighted by Crippen LogP contribution is -2.33. The third-order valence-electron chi connectivity index (χ3n) is 5.45. The van der Waals surface area contributed by atoms with Gasteiger partial charge in [-0.25, -0.2) is 9.89 Å². The Bertz CT molecular complexity index is 1520. The van der Waals surface area contributed by atoms with Crippen molar-refractivity contribution in [3.05, 3.63) is 106 Å². The molecule has 34 heavy (non-hydrogen) atoms. The fourth-order valence-electron chi connectivity index (χ4n) is 3.80. The Morgan fingerprint density at radius 2 is 1.59 bits per heavy atom. The van der Waals surface area contributed by atoms with E-state index in [4.69, 9.17) is 13.9 Å². The van der Waals surface area contributed by atoms with Crippen molar-refractivity contribution in [1.82, 2.24) is 0 Å². The predicted molar refractivity (Wildman–Crippen MR) is 130 cm³/mol. The zero-order valence-corrected chi connectivity index (χ0v) is 18.5. The van der Waals surface area contributed by atoms with Crippen LogP contribution in [0, 0.1) is 0 Å². The van der Waals surface area contributed by atoms with Gasteiger partial charge >= 0.3 is 0 Å². The van der Waals surface area contributed by atoms with Crippen LogP contribution in [0.1, 0.15) is 11.1 Å². The van der Waals surface area contributed by atoms with E-state index in [1.54, 1.807) is 62.8 Å². The first kappa shape index (κ1) is 21.2. The molecule has 4 aromatic rings. The zero-order valence-electron chi connectivity index (χ0n) is 18.5. The number of methoxy groups -OCH3 is 2. The summed E-state index contributed by atoms with van der Waals surface area (Å²) < 4.78 is 16.6. The number of benzene rings is 3. The molecule has 0 spiro atoms. The minimum atomic E-state index is -0.410. The first-order chi connectivity index (χ1) is 16.6. The fourth-order valence-corrected chi connectivity index (χ4v) is 3.80. The Hall–Kier alpha value is -4.65. The van der Waals surface area contributed by atoms with Crippen LogP contribution in [0.25, 0.3) is 17.0 Å². The van der Waals surface area contributed by atoms with E-state index < -0.39 is 5.91 Å². The van der Waals surface area contributed by atoms with E-state index in [1.165, 1.54) is 11.0 Å². The molecule has 0 saturated carbocycles. The van der Waals surface area contributed by atoms with Gasteiger partial charge < -0.3 is 13.9 Å². The second-order valence-corrected chi connectivity index (χ2v) is 7.53. The number of hydrogen-bond acceptors (Lipinski definition) is 6. The van der Waals surface area contributed by atoms with Crippen molar-refractivity contribution in [3.8, 4) is 11.5 Å². The second-order valence-electron chi connectivity index (χ2n) is 7.53. The molecule has 3 aromatic carbocycles. The molecule has 1 aromatic heterocycles. The maximum atomic E-state index is 13.5. The molecule has 168 valence electrons. The first-order valence-electron chi connectivity index (χ1n) is 10.5. The molecule has 1 aliphatic rings. The highest BCUT2D eigenvalue weighted by molar-refractivity contribution is 6.32. The average Bonchev–Trinajstić information content (AvgIpc) is 3.20. The molecule has 7 heteroatoms. The number of amidine groups is 1. The molecule has 1 amide bonds. The van der Waals surface area contributed by atoms with Gasteiger partial charge in [0.25, 0.3) is 5.91 Å². The van der Waals surface area contributed by atoms with Crippen LogP contribution in [0.2, 0.25) is 0 Å². The van der Waals surface area contributed by atoms with Crippen LogP contribution in [-0.2, 0) is 4.79 Å². The molecule has 0 aliphatic carbocycles. The summed E-state index contributed by atoms with van der Waals surface area (Å²) in [7, 11) is 3.10. The van der Waals surface area contributed by atoms with Gasteiger partial charge in [0.1, 0.15) is 11.3 Å². The van der Waals surface area contributed by atoms with E-state index in [-0.39, 0.29) is 17.0 Å². The number of para-hydroxylation sites is 1. The highest BCUT2D eigenvalue weighted by Gasteiger charge is 2.34. The summed E-state index contributed by atoms with van der Waals surface area (Å²) in [5.41, 5.74) is 1.76. The molecular formula is C27H20N2O5. The SMILES string of the molecule is COc1ccc(C=C2N=C(c3ccccc3)N(c3cc(=O)c4ccccc4o3)C2=O)cc1OC. The summed E-state index contributed by atoms with van der Waals surface area (Å²) in [6.07, 6.45) is 1.66. The van der Waals surface area contributed by atoms with Crippen LogP contribution in [0.3, 0.4) is 0 Å². The normalized spacial score (nSPS) is 14.5. The summed E-state index contributed by atoms with van der Waals surface area (Å²) in [4.78, 5) is 32.2. The Morgan fingerprint density at radius 3 is 2.35 bits per heavy atom. The third kappa shape index (κ3) is 3.73. The largest absolute Gasteiger partial charge is 0.493 e. The van der Waals surface area contributed by atoms with Crippen molar-refractivity contribution in [1.29, 1.82) is 0 Å². The Kier molecular flexibility index (Phi) is 5.43. The maximum Gasteiger partial charge on any atom is 0.285 e. The lowest BCUT2D eigenvalue weighted by atomic mass is 10.1. The van der Waals surface area contributed by atoms with E-state index >= 15 is 0 Å². The summed E-state index contributed by atoms with van der Waals surface area (Å²) in [6.45, 7) is 0. The summed E-state index contributed by atoms with van der Waals surface area (Å²) in [5, 5.41) is 0.442. The number of anilines is 1. The van der Waals surface area contributed by atoms with Crippen LogP contribution >= 0.6 is 0 Å². The summed E-state index contributed by atoms with van der Waals surface area (Å²) >= 11 is 0. The van der Waals surface area contributed by atoms with Crippen LogP contribution < -0.4 is 19.8 Å². The number of aliphatic imine (C=N–C) groups is 1. The van der Waals surface area contributed by atoms with Crippen LogP contribution in [0.15, 0.2) is 98.8 Å². The van der Waals surface area contributed by atoms with E-state index in [0.717, 1.165) is 0 Å². The molecule has 0 saturated heterocycles. The Balaban J connectivity index is 1.65. The van der Waals surface area contributed by atoms with Gasteiger partial charge in [0.2, 0.25) is 5.88 Å². The third-order valence-corrected chi connectivity index (χ3v) is 5.45.